The molecule has 1 aromatic carbocycles. The van der Waals surface area contributed by atoms with Crippen LogP contribution < -0.4 is 5.73 Å². The van der Waals surface area contributed by atoms with Gasteiger partial charge >= 0.3 is 0 Å². The van der Waals surface area contributed by atoms with E-state index in [1.807, 2.05) is 6.07 Å². The summed E-state index contributed by atoms with van der Waals surface area (Å²) in [6, 6.07) is 5.06. The molecule has 0 aliphatic carbocycles. The molecule has 3 heteroatoms. The summed E-state index contributed by atoms with van der Waals surface area (Å²) in [6.45, 7) is 2.24. The van der Waals surface area contributed by atoms with Gasteiger partial charge in [0.1, 0.15) is 5.82 Å². The smallest absolute Gasteiger partial charge is 0.147 e. The van der Waals surface area contributed by atoms with E-state index < -0.39 is 0 Å². The zero-order valence-corrected chi connectivity index (χ0v) is 12.1. The quantitative estimate of drug-likeness (QED) is 0.376. The Balaban J connectivity index is 2.05. The van der Waals surface area contributed by atoms with Crippen LogP contribution in [0.25, 0.3) is 0 Å². The molecule has 0 fully saturated rings. The van der Waals surface area contributed by atoms with Crippen LogP contribution in [0.4, 0.5) is 10.1 Å². The first-order chi connectivity index (χ1) is 8.74. The van der Waals surface area contributed by atoms with Crippen molar-refractivity contribution in [2.75, 3.05) is 11.5 Å². The molecule has 0 radical (unpaired) electrons. The molecule has 1 rings (SSSR count). The lowest BCUT2D eigenvalue weighted by Gasteiger charge is -2.03. The molecule has 18 heavy (non-hydrogen) atoms. The van der Waals surface area contributed by atoms with Crippen molar-refractivity contribution >= 4 is 17.4 Å². The highest BCUT2D eigenvalue weighted by molar-refractivity contribution is 7.99. The Hall–Kier alpha value is -0.700. The second kappa shape index (κ2) is 9.26. The lowest BCUT2D eigenvalue weighted by molar-refractivity contribution is 0.603. The van der Waals surface area contributed by atoms with Crippen molar-refractivity contribution in [1.29, 1.82) is 0 Å². The average molecular weight is 269 g/mol. The van der Waals surface area contributed by atoms with Gasteiger partial charge in [0.25, 0.3) is 0 Å². The number of thioether (sulfide) groups is 1. The average Bonchev–Trinajstić information content (AvgIpc) is 2.37. The molecule has 0 unspecified atom stereocenters. The van der Waals surface area contributed by atoms with Gasteiger partial charge in [0.05, 0.1) is 5.69 Å². The van der Waals surface area contributed by atoms with Crippen molar-refractivity contribution in [1.82, 2.24) is 0 Å². The summed E-state index contributed by atoms with van der Waals surface area (Å²) in [7, 11) is 0. The fourth-order valence-corrected chi connectivity index (χ4v) is 2.78. The molecule has 0 aromatic heterocycles. The fourth-order valence-electron chi connectivity index (χ4n) is 1.85. The van der Waals surface area contributed by atoms with Crippen molar-refractivity contribution in [2.24, 2.45) is 0 Å². The third kappa shape index (κ3) is 6.29. The third-order valence-corrected chi connectivity index (χ3v) is 4.07. The Morgan fingerprint density at radius 2 is 1.72 bits per heavy atom. The van der Waals surface area contributed by atoms with Crippen molar-refractivity contribution < 1.29 is 4.39 Å². The van der Waals surface area contributed by atoms with Crippen molar-refractivity contribution in [3.05, 3.63) is 24.0 Å². The number of unbranched alkanes of at least 4 members (excludes halogenated alkanes) is 6. The minimum Gasteiger partial charge on any atom is -0.396 e. The molecular formula is C15H24FNS. The molecule has 1 nitrogen and oxygen atoms in total. The zero-order valence-electron chi connectivity index (χ0n) is 11.3. The monoisotopic (exact) mass is 269 g/mol. The molecule has 0 atom stereocenters. The summed E-state index contributed by atoms with van der Waals surface area (Å²) in [4.78, 5) is 0.979. The Morgan fingerprint density at radius 3 is 2.39 bits per heavy atom. The molecule has 2 N–H and O–H groups in total. The minimum atomic E-state index is -0.306. The van der Waals surface area contributed by atoms with E-state index in [4.69, 9.17) is 5.73 Å². The minimum absolute atomic E-state index is 0.232. The first-order valence-electron chi connectivity index (χ1n) is 6.92. The first kappa shape index (κ1) is 15.4. The zero-order chi connectivity index (χ0) is 13.2. The van der Waals surface area contributed by atoms with Gasteiger partial charge in [-0.3, -0.25) is 0 Å². The van der Waals surface area contributed by atoms with Gasteiger partial charge in [-0.25, -0.2) is 4.39 Å². The van der Waals surface area contributed by atoms with E-state index in [1.54, 1.807) is 17.8 Å². The van der Waals surface area contributed by atoms with Gasteiger partial charge in [-0.05, 0) is 30.4 Å². The number of rotatable bonds is 9. The molecule has 0 amide bonds. The van der Waals surface area contributed by atoms with E-state index in [-0.39, 0.29) is 11.5 Å². The topological polar surface area (TPSA) is 26.0 Å². The van der Waals surface area contributed by atoms with Gasteiger partial charge in [-0.15, -0.1) is 11.8 Å². The summed E-state index contributed by atoms with van der Waals surface area (Å²) in [6.07, 6.45) is 9.22. The maximum Gasteiger partial charge on any atom is 0.147 e. The molecule has 0 aliphatic rings. The highest BCUT2D eigenvalue weighted by Crippen LogP contribution is 2.23. The summed E-state index contributed by atoms with van der Waals surface area (Å²) >= 11 is 1.72. The molecule has 0 heterocycles. The van der Waals surface area contributed by atoms with Gasteiger partial charge < -0.3 is 5.73 Å². The number of nitrogen functional groups attached to an aromatic ring is 1. The maximum absolute atomic E-state index is 13.2. The molecule has 0 saturated heterocycles. The Morgan fingerprint density at radius 1 is 1.06 bits per heavy atom. The Labute approximate surface area is 114 Å². The molecule has 0 aliphatic heterocycles. The summed E-state index contributed by atoms with van der Waals surface area (Å²) in [5.74, 6) is 0.761. The van der Waals surface area contributed by atoms with E-state index >= 15 is 0 Å². The van der Waals surface area contributed by atoms with E-state index in [1.165, 1.54) is 51.0 Å². The highest BCUT2D eigenvalue weighted by Gasteiger charge is 2.00. The lowest BCUT2D eigenvalue weighted by Crippen LogP contribution is -1.90. The molecule has 0 bridgehead atoms. The van der Waals surface area contributed by atoms with E-state index in [9.17, 15) is 4.39 Å². The predicted molar refractivity (Wildman–Crippen MR) is 79.5 cm³/mol. The van der Waals surface area contributed by atoms with Crippen LogP contribution in [0.5, 0.6) is 0 Å². The summed E-state index contributed by atoms with van der Waals surface area (Å²) < 4.78 is 13.2. The lowest BCUT2D eigenvalue weighted by atomic mass is 10.1. The van der Waals surface area contributed by atoms with Gasteiger partial charge in [-0.2, -0.15) is 0 Å². The van der Waals surface area contributed by atoms with Crippen LogP contribution in [0.1, 0.15) is 51.9 Å². The fraction of sp³-hybridized carbons (Fsp3) is 0.600. The molecule has 1 aromatic rings. The second-order valence-corrected chi connectivity index (χ2v) is 5.82. The number of benzene rings is 1. The number of hydrogen-bond acceptors (Lipinski definition) is 2. The predicted octanol–water partition coefficient (Wildman–Crippen LogP) is 5.25. The number of anilines is 1. The highest BCUT2D eigenvalue weighted by atomic mass is 32.2. The van der Waals surface area contributed by atoms with Gasteiger partial charge in [0.15, 0.2) is 0 Å². The van der Waals surface area contributed by atoms with Crippen LogP contribution in [0, 0.1) is 5.82 Å². The molecular weight excluding hydrogens is 245 g/mol. The van der Waals surface area contributed by atoms with Crippen molar-refractivity contribution in [2.45, 2.75) is 56.8 Å². The van der Waals surface area contributed by atoms with Crippen LogP contribution in [-0.4, -0.2) is 5.75 Å². The van der Waals surface area contributed by atoms with E-state index in [0.717, 1.165) is 10.6 Å². The number of nitrogens with two attached hydrogens (primary N) is 1. The summed E-state index contributed by atoms with van der Waals surface area (Å²) in [5, 5.41) is 0. The van der Waals surface area contributed by atoms with Crippen LogP contribution in [0.15, 0.2) is 23.1 Å². The third-order valence-electron chi connectivity index (χ3n) is 2.99. The molecule has 0 saturated carbocycles. The van der Waals surface area contributed by atoms with E-state index in [2.05, 4.69) is 6.92 Å². The van der Waals surface area contributed by atoms with Gasteiger partial charge in [-0.1, -0.05) is 45.4 Å². The molecule has 102 valence electrons. The van der Waals surface area contributed by atoms with Gasteiger partial charge in [0.2, 0.25) is 0 Å². The van der Waals surface area contributed by atoms with E-state index in [0.29, 0.717) is 0 Å². The van der Waals surface area contributed by atoms with Crippen LogP contribution >= 0.6 is 11.8 Å². The van der Waals surface area contributed by atoms with Crippen LogP contribution in [0.2, 0.25) is 0 Å². The SMILES string of the molecule is CCCCCCCCCSc1ccc(N)c(F)c1. The first-order valence-corrected chi connectivity index (χ1v) is 7.90. The normalized spacial score (nSPS) is 10.8. The van der Waals surface area contributed by atoms with Gasteiger partial charge in [0, 0.05) is 4.90 Å². The number of halogens is 1. The number of hydrogen-bond donors (Lipinski definition) is 1. The summed E-state index contributed by atoms with van der Waals surface area (Å²) in [5.41, 5.74) is 5.67. The second-order valence-electron chi connectivity index (χ2n) is 4.65. The van der Waals surface area contributed by atoms with Crippen LogP contribution in [0.3, 0.4) is 0 Å². The Kier molecular flexibility index (Phi) is 7.90. The van der Waals surface area contributed by atoms with Crippen LogP contribution in [-0.2, 0) is 0 Å². The maximum atomic E-state index is 13.2. The van der Waals surface area contributed by atoms with Crippen molar-refractivity contribution in [3.8, 4) is 0 Å². The standard InChI is InChI=1S/C15H24FNS/c1-2-3-4-5-6-7-8-11-18-13-9-10-15(17)14(16)12-13/h9-10,12H,2-8,11,17H2,1H3. The molecule has 0 spiro atoms. The largest absolute Gasteiger partial charge is 0.396 e. The Bertz CT molecular complexity index is 341. The van der Waals surface area contributed by atoms with Crippen molar-refractivity contribution in [3.63, 3.8) is 0 Å².